The molecule has 0 unspecified atom stereocenters. The highest BCUT2D eigenvalue weighted by molar-refractivity contribution is 5.89. The fourth-order valence-corrected chi connectivity index (χ4v) is 3.35. The molecule has 1 aliphatic heterocycles. The van der Waals surface area contributed by atoms with Gasteiger partial charge in [0, 0.05) is 25.1 Å². The summed E-state index contributed by atoms with van der Waals surface area (Å²) in [5.41, 5.74) is 1.91. The molecule has 7 nitrogen and oxygen atoms in total. The fourth-order valence-electron chi connectivity index (χ4n) is 3.35. The molecule has 136 valence electrons. The van der Waals surface area contributed by atoms with Crippen LogP contribution in [0.1, 0.15) is 37.3 Å². The van der Waals surface area contributed by atoms with Crippen molar-refractivity contribution in [3.05, 3.63) is 42.1 Å². The standard InChI is InChI=1S/C19H22N4O3/c24-18(25)14-8-10-22(11-9-14)19(26)20-17-12-16(13-6-7-13)21-23(17)15-4-2-1-3-5-15/h1-5,12-14H,6-11H2,(H,20,26)(H,24,25). The van der Waals surface area contributed by atoms with E-state index < -0.39 is 5.97 Å². The number of anilines is 1. The van der Waals surface area contributed by atoms with Gasteiger partial charge in [-0.25, -0.2) is 9.48 Å². The average Bonchev–Trinajstić information content (AvgIpc) is 3.43. The van der Waals surface area contributed by atoms with Crippen molar-refractivity contribution in [3.8, 4) is 5.69 Å². The molecule has 2 fully saturated rings. The number of amides is 2. The lowest BCUT2D eigenvalue weighted by atomic mass is 9.97. The molecule has 2 amide bonds. The summed E-state index contributed by atoms with van der Waals surface area (Å²) in [6.07, 6.45) is 3.27. The van der Waals surface area contributed by atoms with Crippen molar-refractivity contribution in [3.63, 3.8) is 0 Å². The summed E-state index contributed by atoms with van der Waals surface area (Å²) >= 11 is 0. The number of carbonyl (C=O) groups excluding carboxylic acids is 1. The molecule has 7 heteroatoms. The number of aliphatic carboxylic acids is 1. The van der Waals surface area contributed by atoms with Crippen LogP contribution in [0.25, 0.3) is 5.69 Å². The van der Waals surface area contributed by atoms with E-state index in [9.17, 15) is 9.59 Å². The van der Waals surface area contributed by atoms with Crippen LogP contribution in [0, 0.1) is 5.92 Å². The number of hydrogen-bond donors (Lipinski definition) is 2. The molecule has 1 aromatic heterocycles. The van der Waals surface area contributed by atoms with Gasteiger partial charge in [-0.3, -0.25) is 10.1 Å². The molecule has 26 heavy (non-hydrogen) atoms. The molecule has 2 aliphatic rings. The second-order valence-corrected chi connectivity index (χ2v) is 7.01. The van der Waals surface area contributed by atoms with Crippen LogP contribution in [0.4, 0.5) is 10.6 Å². The van der Waals surface area contributed by atoms with Crippen LogP contribution in [0.3, 0.4) is 0 Å². The number of carbonyl (C=O) groups is 2. The van der Waals surface area contributed by atoms with Gasteiger partial charge in [0.1, 0.15) is 5.82 Å². The van der Waals surface area contributed by atoms with E-state index in [2.05, 4.69) is 10.4 Å². The molecule has 1 aromatic carbocycles. The lowest BCUT2D eigenvalue weighted by molar-refractivity contribution is -0.143. The molecule has 0 radical (unpaired) electrons. The highest BCUT2D eigenvalue weighted by Gasteiger charge is 2.30. The summed E-state index contributed by atoms with van der Waals surface area (Å²) in [4.78, 5) is 25.4. The van der Waals surface area contributed by atoms with Crippen molar-refractivity contribution in [1.29, 1.82) is 0 Å². The van der Waals surface area contributed by atoms with Gasteiger partial charge >= 0.3 is 12.0 Å². The number of likely N-dealkylation sites (tertiary alicyclic amines) is 1. The number of carboxylic acids is 1. The Labute approximate surface area is 151 Å². The lowest BCUT2D eigenvalue weighted by Gasteiger charge is -2.30. The minimum Gasteiger partial charge on any atom is -0.481 e. The first-order chi connectivity index (χ1) is 12.6. The van der Waals surface area contributed by atoms with Crippen LogP contribution in [0.15, 0.2) is 36.4 Å². The topological polar surface area (TPSA) is 87.5 Å². The van der Waals surface area contributed by atoms with E-state index in [1.807, 2.05) is 36.4 Å². The van der Waals surface area contributed by atoms with Crippen LogP contribution in [0.2, 0.25) is 0 Å². The summed E-state index contributed by atoms with van der Waals surface area (Å²) < 4.78 is 1.77. The zero-order valence-corrected chi connectivity index (χ0v) is 14.5. The Hall–Kier alpha value is -2.83. The van der Waals surface area contributed by atoms with E-state index in [1.165, 1.54) is 0 Å². The summed E-state index contributed by atoms with van der Waals surface area (Å²) in [5, 5.41) is 16.7. The van der Waals surface area contributed by atoms with Gasteiger partial charge in [-0.2, -0.15) is 5.10 Å². The minimum atomic E-state index is -0.777. The van der Waals surface area contributed by atoms with Gasteiger partial charge in [-0.15, -0.1) is 0 Å². The Balaban J connectivity index is 1.50. The Bertz CT molecular complexity index is 805. The summed E-state index contributed by atoms with van der Waals surface area (Å²) in [5.74, 6) is 0.0158. The first-order valence-corrected chi connectivity index (χ1v) is 9.06. The Morgan fingerprint density at radius 3 is 2.38 bits per heavy atom. The molecule has 1 saturated carbocycles. The van der Waals surface area contributed by atoms with Crippen LogP contribution in [-0.4, -0.2) is 44.9 Å². The number of hydrogen-bond acceptors (Lipinski definition) is 3. The van der Waals surface area contributed by atoms with Crippen molar-refractivity contribution < 1.29 is 14.7 Å². The molecule has 1 aliphatic carbocycles. The van der Waals surface area contributed by atoms with E-state index in [0.29, 0.717) is 37.7 Å². The molecule has 2 aromatic rings. The van der Waals surface area contributed by atoms with Gasteiger partial charge in [0.05, 0.1) is 17.3 Å². The zero-order chi connectivity index (χ0) is 18.1. The van der Waals surface area contributed by atoms with Gasteiger partial charge in [0.2, 0.25) is 0 Å². The van der Waals surface area contributed by atoms with Gasteiger partial charge in [0.25, 0.3) is 0 Å². The Morgan fingerprint density at radius 1 is 1.08 bits per heavy atom. The number of carboxylic acid groups (broad SMARTS) is 1. The number of rotatable bonds is 4. The highest BCUT2D eigenvalue weighted by Crippen LogP contribution is 2.40. The number of urea groups is 1. The largest absolute Gasteiger partial charge is 0.481 e. The molecule has 4 rings (SSSR count). The number of nitrogens with zero attached hydrogens (tertiary/aromatic N) is 3. The van der Waals surface area contributed by atoms with Gasteiger partial charge in [-0.1, -0.05) is 18.2 Å². The average molecular weight is 354 g/mol. The van der Waals surface area contributed by atoms with E-state index in [0.717, 1.165) is 24.2 Å². The molecule has 0 bridgehead atoms. The van der Waals surface area contributed by atoms with Crippen molar-refractivity contribution in [1.82, 2.24) is 14.7 Å². The monoisotopic (exact) mass is 354 g/mol. The third kappa shape index (κ3) is 3.42. The van der Waals surface area contributed by atoms with E-state index >= 15 is 0 Å². The van der Waals surface area contributed by atoms with Crippen molar-refractivity contribution in [2.75, 3.05) is 18.4 Å². The molecular weight excluding hydrogens is 332 g/mol. The maximum absolute atomic E-state index is 12.6. The van der Waals surface area contributed by atoms with Gasteiger partial charge in [-0.05, 0) is 37.8 Å². The number of benzene rings is 1. The van der Waals surface area contributed by atoms with Crippen molar-refractivity contribution in [2.45, 2.75) is 31.6 Å². The van der Waals surface area contributed by atoms with Crippen LogP contribution >= 0.6 is 0 Å². The second-order valence-electron chi connectivity index (χ2n) is 7.01. The summed E-state index contributed by atoms with van der Waals surface area (Å²) in [6.45, 7) is 0.912. The Morgan fingerprint density at radius 2 is 1.77 bits per heavy atom. The summed E-state index contributed by atoms with van der Waals surface area (Å²) in [7, 11) is 0. The van der Waals surface area contributed by atoms with E-state index in [1.54, 1.807) is 9.58 Å². The predicted octanol–water partition coefficient (Wildman–Crippen LogP) is 3.08. The quantitative estimate of drug-likeness (QED) is 0.883. The molecular formula is C19H22N4O3. The van der Waals surface area contributed by atoms with Crippen molar-refractivity contribution in [2.24, 2.45) is 5.92 Å². The normalized spacial score (nSPS) is 17.9. The molecule has 1 saturated heterocycles. The van der Waals surface area contributed by atoms with E-state index in [4.69, 9.17) is 5.11 Å². The van der Waals surface area contributed by atoms with E-state index in [-0.39, 0.29) is 11.9 Å². The third-order valence-corrected chi connectivity index (χ3v) is 5.09. The SMILES string of the molecule is O=C(O)C1CCN(C(=O)Nc2cc(C3CC3)nn2-c2ccccc2)CC1. The van der Waals surface area contributed by atoms with Crippen LogP contribution < -0.4 is 5.32 Å². The van der Waals surface area contributed by atoms with Gasteiger partial charge in [0.15, 0.2) is 0 Å². The highest BCUT2D eigenvalue weighted by atomic mass is 16.4. The molecule has 0 spiro atoms. The maximum atomic E-state index is 12.6. The smallest absolute Gasteiger partial charge is 0.323 e. The van der Waals surface area contributed by atoms with Crippen LogP contribution in [-0.2, 0) is 4.79 Å². The third-order valence-electron chi connectivity index (χ3n) is 5.09. The first kappa shape index (κ1) is 16.6. The first-order valence-electron chi connectivity index (χ1n) is 9.06. The fraction of sp³-hybridized carbons (Fsp3) is 0.421. The number of nitrogens with one attached hydrogen (secondary N) is 1. The summed E-state index contributed by atoms with van der Waals surface area (Å²) in [6, 6.07) is 11.5. The molecule has 2 heterocycles. The molecule has 2 N–H and O–H groups in total. The predicted molar refractivity (Wildman–Crippen MR) is 96.5 cm³/mol. The minimum absolute atomic E-state index is 0.201. The molecule has 0 atom stereocenters. The van der Waals surface area contributed by atoms with Crippen LogP contribution in [0.5, 0.6) is 0 Å². The second kappa shape index (κ2) is 6.82. The lowest BCUT2D eigenvalue weighted by Crippen LogP contribution is -2.42. The van der Waals surface area contributed by atoms with Crippen molar-refractivity contribution >= 4 is 17.8 Å². The number of para-hydroxylation sites is 1. The Kier molecular flexibility index (Phi) is 4.36. The number of piperidine rings is 1. The zero-order valence-electron chi connectivity index (χ0n) is 14.5. The maximum Gasteiger partial charge on any atom is 0.323 e. The number of aromatic nitrogens is 2. The van der Waals surface area contributed by atoms with Gasteiger partial charge < -0.3 is 10.0 Å².